The molecule has 1 amide bonds. The van der Waals surface area contributed by atoms with Crippen LogP contribution >= 0.6 is 11.8 Å². The molecule has 1 N–H and O–H groups in total. The molecule has 0 radical (unpaired) electrons. The van der Waals surface area contributed by atoms with E-state index in [0.29, 0.717) is 11.8 Å². The summed E-state index contributed by atoms with van der Waals surface area (Å²) >= 11 is 1.87. The van der Waals surface area contributed by atoms with Crippen LogP contribution in [0.25, 0.3) is 0 Å². The molecule has 0 bridgehead atoms. The van der Waals surface area contributed by atoms with Crippen LogP contribution in [0.1, 0.15) is 33.1 Å². The first-order valence-corrected chi connectivity index (χ1v) is 7.03. The van der Waals surface area contributed by atoms with Gasteiger partial charge in [-0.25, -0.2) is 0 Å². The second-order valence-electron chi connectivity index (χ2n) is 4.11. The Morgan fingerprint density at radius 1 is 1.67 bits per heavy atom. The van der Waals surface area contributed by atoms with E-state index in [2.05, 4.69) is 25.4 Å². The van der Waals surface area contributed by atoms with Crippen molar-refractivity contribution in [1.29, 1.82) is 0 Å². The molecule has 15 heavy (non-hydrogen) atoms. The molecule has 0 aliphatic carbocycles. The number of rotatable bonds is 6. The van der Waals surface area contributed by atoms with Crippen LogP contribution < -0.4 is 5.32 Å². The Kier molecular flexibility index (Phi) is 5.47. The lowest BCUT2D eigenvalue weighted by Gasteiger charge is -2.25. The summed E-state index contributed by atoms with van der Waals surface area (Å²) in [5.41, 5.74) is 0. The summed E-state index contributed by atoms with van der Waals surface area (Å²) < 4.78 is 0. The molecule has 1 fully saturated rings. The molecule has 1 saturated heterocycles. The third kappa shape index (κ3) is 3.68. The minimum absolute atomic E-state index is 0.266. The normalized spacial score (nSPS) is 23.5. The van der Waals surface area contributed by atoms with Gasteiger partial charge in [-0.1, -0.05) is 20.3 Å². The van der Waals surface area contributed by atoms with Crippen molar-refractivity contribution >= 4 is 17.7 Å². The zero-order chi connectivity index (χ0) is 11.3. The smallest absolute Gasteiger partial charge is 0.237 e. The van der Waals surface area contributed by atoms with Gasteiger partial charge in [0.2, 0.25) is 5.91 Å². The molecule has 0 spiro atoms. The van der Waals surface area contributed by atoms with Gasteiger partial charge in [0.25, 0.3) is 0 Å². The molecule has 2 atom stereocenters. The average Bonchev–Trinajstić information content (AvgIpc) is 2.57. The number of nitrogens with one attached hydrogen (secondary N) is 1. The zero-order valence-electron chi connectivity index (χ0n) is 9.95. The highest BCUT2D eigenvalue weighted by Crippen LogP contribution is 2.15. The van der Waals surface area contributed by atoms with Crippen LogP contribution in [0, 0.1) is 0 Å². The van der Waals surface area contributed by atoms with E-state index in [1.54, 1.807) is 0 Å². The number of carbonyl (C=O) groups is 1. The maximum atomic E-state index is 11.6. The molecular formula is C11H22N2OS. The first-order chi connectivity index (χ1) is 7.19. The summed E-state index contributed by atoms with van der Waals surface area (Å²) in [6.45, 7) is 5.80. The van der Waals surface area contributed by atoms with E-state index in [1.165, 1.54) is 0 Å². The predicted molar refractivity (Wildman–Crippen MR) is 66.0 cm³/mol. The van der Waals surface area contributed by atoms with Gasteiger partial charge in [0.05, 0.1) is 12.7 Å². The highest BCUT2D eigenvalue weighted by Gasteiger charge is 2.29. The monoisotopic (exact) mass is 230 g/mol. The number of amides is 1. The van der Waals surface area contributed by atoms with Crippen molar-refractivity contribution in [2.45, 2.75) is 44.5 Å². The SMILES string of the molecule is CCCC1NCC(=O)N1CCC(C)SC. The van der Waals surface area contributed by atoms with Gasteiger partial charge < -0.3 is 4.90 Å². The van der Waals surface area contributed by atoms with Gasteiger partial charge in [0, 0.05) is 11.8 Å². The van der Waals surface area contributed by atoms with Crippen LogP contribution in [0.3, 0.4) is 0 Å². The molecule has 4 heteroatoms. The largest absolute Gasteiger partial charge is 0.326 e. The van der Waals surface area contributed by atoms with Crippen molar-refractivity contribution in [3.05, 3.63) is 0 Å². The maximum Gasteiger partial charge on any atom is 0.237 e. The number of nitrogens with zero attached hydrogens (tertiary/aromatic N) is 1. The Hall–Kier alpha value is -0.220. The third-order valence-electron chi connectivity index (χ3n) is 2.93. The van der Waals surface area contributed by atoms with Crippen LogP contribution in [-0.2, 0) is 4.79 Å². The number of carbonyl (C=O) groups excluding carboxylic acids is 1. The van der Waals surface area contributed by atoms with E-state index in [0.717, 1.165) is 25.8 Å². The minimum atomic E-state index is 0.266. The van der Waals surface area contributed by atoms with Crippen molar-refractivity contribution in [2.24, 2.45) is 0 Å². The van der Waals surface area contributed by atoms with E-state index in [-0.39, 0.29) is 12.1 Å². The number of hydrogen-bond donors (Lipinski definition) is 1. The molecule has 0 saturated carbocycles. The van der Waals surface area contributed by atoms with E-state index in [1.807, 2.05) is 16.7 Å². The molecule has 0 aromatic heterocycles. The van der Waals surface area contributed by atoms with Crippen molar-refractivity contribution in [1.82, 2.24) is 10.2 Å². The molecule has 0 aromatic carbocycles. The topological polar surface area (TPSA) is 32.3 Å². The van der Waals surface area contributed by atoms with Gasteiger partial charge in [-0.3, -0.25) is 10.1 Å². The Bertz CT molecular complexity index is 211. The first-order valence-electron chi connectivity index (χ1n) is 5.74. The minimum Gasteiger partial charge on any atom is -0.326 e. The van der Waals surface area contributed by atoms with Crippen LogP contribution in [0.2, 0.25) is 0 Å². The number of thioether (sulfide) groups is 1. The summed E-state index contributed by atoms with van der Waals surface area (Å²) in [4.78, 5) is 13.6. The quantitative estimate of drug-likeness (QED) is 0.753. The van der Waals surface area contributed by atoms with Crippen LogP contribution in [0.5, 0.6) is 0 Å². The summed E-state index contributed by atoms with van der Waals surface area (Å²) in [6, 6.07) is 0. The van der Waals surface area contributed by atoms with E-state index in [9.17, 15) is 4.79 Å². The molecule has 1 aliphatic rings. The molecule has 1 heterocycles. The Labute approximate surface area is 97.0 Å². The summed E-state index contributed by atoms with van der Waals surface area (Å²) in [5, 5.41) is 3.91. The predicted octanol–water partition coefficient (Wildman–Crippen LogP) is 1.69. The van der Waals surface area contributed by atoms with Gasteiger partial charge in [0.15, 0.2) is 0 Å². The molecule has 0 aromatic rings. The highest BCUT2D eigenvalue weighted by atomic mass is 32.2. The molecule has 88 valence electrons. The maximum absolute atomic E-state index is 11.6. The molecule has 1 aliphatic heterocycles. The van der Waals surface area contributed by atoms with Crippen LogP contribution in [-0.4, -0.2) is 41.6 Å². The van der Waals surface area contributed by atoms with Crippen molar-refractivity contribution < 1.29 is 4.79 Å². The van der Waals surface area contributed by atoms with Crippen molar-refractivity contribution in [3.8, 4) is 0 Å². The van der Waals surface area contributed by atoms with Crippen molar-refractivity contribution in [2.75, 3.05) is 19.3 Å². The lowest BCUT2D eigenvalue weighted by molar-refractivity contribution is -0.128. The number of hydrogen-bond acceptors (Lipinski definition) is 3. The molecule has 1 rings (SSSR count). The first kappa shape index (κ1) is 12.8. The van der Waals surface area contributed by atoms with Crippen molar-refractivity contribution in [3.63, 3.8) is 0 Å². The van der Waals surface area contributed by atoms with Gasteiger partial charge in [-0.15, -0.1) is 0 Å². The Balaban J connectivity index is 2.38. The van der Waals surface area contributed by atoms with Gasteiger partial charge in [-0.2, -0.15) is 11.8 Å². The fraction of sp³-hybridized carbons (Fsp3) is 0.909. The van der Waals surface area contributed by atoms with Gasteiger partial charge >= 0.3 is 0 Å². The lowest BCUT2D eigenvalue weighted by Crippen LogP contribution is -2.38. The fourth-order valence-electron chi connectivity index (χ4n) is 1.84. The zero-order valence-corrected chi connectivity index (χ0v) is 10.8. The Morgan fingerprint density at radius 2 is 2.40 bits per heavy atom. The van der Waals surface area contributed by atoms with E-state index < -0.39 is 0 Å². The van der Waals surface area contributed by atoms with E-state index >= 15 is 0 Å². The summed E-state index contributed by atoms with van der Waals surface area (Å²) in [7, 11) is 0. The summed E-state index contributed by atoms with van der Waals surface area (Å²) in [5.74, 6) is 0.266. The average molecular weight is 230 g/mol. The van der Waals surface area contributed by atoms with E-state index in [4.69, 9.17) is 0 Å². The molecular weight excluding hydrogens is 208 g/mol. The second-order valence-corrected chi connectivity index (χ2v) is 5.38. The van der Waals surface area contributed by atoms with Crippen LogP contribution in [0.4, 0.5) is 0 Å². The van der Waals surface area contributed by atoms with Gasteiger partial charge in [-0.05, 0) is 19.1 Å². The third-order valence-corrected chi connectivity index (χ3v) is 3.97. The standard InChI is InChI=1S/C11H22N2OS/c1-4-5-10-12-8-11(14)13(10)7-6-9(2)15-3/h9-10,12H,4-8H2,1-3H3. The highest BCUT2D eigenvalue weighted by molar-refractivity contribution is 7.99. The fourth-order valence-corrected chi connectivity index (χ4v) is 2.18. The summed E-state index contributed by atoms with van der Waals surface area (Å²) in [6.07, 6.45) is 5.70. The van der Waals surface area contributed by atoms with Crippen LogP contribution in [0.15, 0.2) is 0 Å². The lowest BCUT2D eigenvalue weighted by atomic mass is 10.2. The molecule has 3 nitrogen and oxygen atoms in total. The Morgan fingerprint density at radius 3 is 3.00 bits per heavy atom. The van der Waals surface area contributed by atoms with Gasteiger partial charge in [0.1, 0.15) is 0 Å². The second kappa shape index (κ2) is 6.38. The molecule has 2 unspecified atom stereocenters.